The van der Waals surface area contributed by atoms with Gasteiger partial charge in [-0.3, -0.25) is 0 Å². The summed E-state index contributed by atoms with van der Waals surface area (Å²) < 4.78 is 59.0. The first-order chi connectivity index (χ1) is 12.4. The Bertz CT molecular complexity index is 890. The van der Waals surface area contributed by atoms with E-state index >= 15 is 0 Å². The number of sulfonamides is 2. The Morgan fingerprint density at radius 1 is 1.44 bits per heavy atom. The van der Waals surface area contributed by atoms with E-state index in [9.17, 15) is 21.9 Å². The van der Waals surface area contributed by atoms with Crippen molar-refractivity contribution in [2.75, 3.05) is 33.0 Å². The van der Waals surface area contributed by atoms with Crippen molar-refractivity contribution < 1.29 is 26.7 Å². The minimum atomic E-state index is -3.89. The highest BCUT2D eigenvalue weighted by molar-refractivity contribution is 9.10. The summed E-state index contributed by atoms with van der Waals surface area (Å²) in [5, 5.41) is 9.55. The van der Waals surface area contributed by atoms with E-state index in [0.717, 1.165) is 6.26 Å². The van der Waals surface area contributed by atoms with Gasteiger partial charge in [0.2, 0.25) is 20.0 Å². The third-order valence-electron chi connectivity index (χ3n) is 4.63. The van der Waals surface area contributed by atoms with Gasteiger partial charge in [0.05, 0.1) is 19.4 Å². The summed E-state index contributed by atoms with van der Waals surface area (Å²) in [6, 6.07) is 3.98. The molecule has 1 N–H and O–H groups in total. The number of ether oxygens (including phenoxy) is 1. The number of fused-ring (bicyclic) bond motifs is 1. The van der Waals surface area contributed by atoms with E-state index in [1.165, 1.54) is 21.7 Å². The number of benzene rings is 1. The van der Waals surface area contributed by atoms with Crippen molar-refractivity contribution >= 4 is 36.0 Å². The number of likely N-dealkylation sites (N-methyl/N-ethyl adjacent to an activating group) is 1. The molecule has 2 rings (SSSR count). The summed E-state index contributed by atoms with van der Waals surface area (Å²) in [6.07, 6.45) is 0.539. The molecule has 1 aliphatic heterocycles. The maximum atomic E-state index is 13.1. The third kappa shape index (κ3) is 5.01. The zero-order valence-electron chi connectivity index (χ0n) is 15.7. The van der Waals surface area contributed by atoms with Crippen LogP contribution >= 0.6 is 15.9 Å². The largest absolute Gasteiger partial charge is 0.487 e. The number of aliphatic hydroxyl groups is 1. The molecule has 8 nitrogen and oxygen atoms in total. The van der Waals surface area contributed by atoms with Crippen LogP contribution in [-0.2, 0) is 20.0 Å². The second kappa shape index (κ2) is 8.34. The first-order valence-electron chi connectivity index (χ1n) is 8.38. The molecule has 0 aromatic heterocycles. The number of nitrogens with zero attached hydrogens (tertiary/aromatic N) is 2. The van der Waals surface area contributed by atoms with E-state index in [0.29, 0.717) is 4.47 Å². The molecule has 0 bridgehead atoms. The van der Waals surface area contributed by atoms with Crippen molar-refractivity contribution in [2.45, 2.75) is 30.9 Å². The standard InChI is InChI=1S/C16H25BrN2O6S2/c1-11-8-19(12(2)10-20)27(23,24)16-6-5-13(17)7-14(16)25-15(11)9-18(3)26(4,21)22/h5-7,11-12,15,20H,8-10H2,1-4H3/t11-,12-,15-/m1/s1. The van der Waals surface area contributed by atoms with Gasteiger partial charge in [0.15, 0.2) is 0 Å². The molecule has 1 aliphatic rings. The maximum Gasteiger partial charge on any atom is 0.247 e. The van der Waals surface area contributed by atoms with E-state index in [4.69, 9.17) is 4.74 Å². The van der Waals surface area contributed by atoms with Crippen LogP contribution in [-0.4, -0.2) is 75.7 Å². The lowest BCUT2D eigenvalue weighted by Crippen LogP contribution is -2.50. The van der Waals surface area contributed by atoms with Gasteiger partial charge in [-0.25, -0.2) is 21.1 Å². The predicted octanol–water partition coefficient (Wildman–Crippen LogP) is 1.11. The van der Waals surface area contributed by atoms with E-state index in [1.54, 1.807) is 26.0 Å². The number of hydrogen-bond donors (Lipinski definition) is 1. The average molecular weight is 485 g/mol. The first-order valence-corrected chi connectivity index (χ1v) is 12.5. The van der Waals surface area contributed by atoms with Gasteiger partial charge in [0.25, 0.3) is 0 Å². The summed E-state index contributed by atoms with van der Waals surface area (Å²) in [5.74, 6) is -0.164. The van der Waals surface area contributed by atoms with E-state index in [-0.39, 0.29) is 36.3 Å². The molecule has 0 amide bonds. The van der Waals surface area contributed by atoms with Crippen LogP contribution in [0.25, 0.3) is 0 Å². The molecule has 3 atom stereocenters. The number of rotatable bonds is 5. The molecule has 1 heterocycles. The van der Waals surface area contributed by atoms with Crippen molar-refractivity contribution in [3.63, 3.8) is 0 Å². The maximum absolute atomic E-state index is 13.1. The van der Waals surface area contributed by atoms with Gasteiger partial charge in [-0.1, -0.05) is 22.9 Å². The summed E-state index contributed by atoms with van der Waals surface area (Å²) in [5.41, 5.74) is 0. The zero-order chi connectivity index (χ0) is 20.6. The van der Waals surface area contributed by atoms with Crippen LogP contribution in [0.15, 0.2) is 27.6 Å². The molecule has 1 aromatic carbocycles. The van der Waals surface area contributed by atoms with Crippen molar-refractivity contribution in [1.29, 1.82) is 0 Å². The number of halogens is 1. The molecule has 0 fully saturated rings. The summed E-state index contributed by atoms with van der Waals surface area (Å²) in [4.78, 5) is -0.00934. The molecule has 1 aromatic rings. The molecular formula is C16H25BrN2O6S2. The Balaban J connectivity index is 2.56. The van der Waals surface area contributed by atoms with Crippen molar-refractivity contribution in [3.8, 4) is 5.75 Å². The summed E-state index contributed by atoms with van der Waals surface area (Å²) in [6.45, 7) is 3.28. The van der Waals surface area contributed by atoms with Crippen LogP contribution in [0, 0.1) is 5.92 Å². The molecule has 0 spiro atoms. The minimum absolute atomic E-state index is 0.00934. The van der Waals surface area contributed by atoms with Crippen LogP contribution in [0.2, 0.25) is 0 Å². The highest BCUT2D eigenvalue weighted by Gasteiger charge is 2.38. The fourth-order valence-electron chi connectivity index (χ4n) is 2.81. The molecule has 27 heavy (non-hydrogen) atoms. The molecule has 0 saturated carbocycles. The van der Waals surface area contributed by atoms with Gasteiger partial charge in [-0.15, -0.1) is 0 Å². The highest BCUT2D eigenvalue weighted by Crippen LogP contribution is 2.35. The van der Waals surface area contributed by atoms with E-state index in [1.807, 2.05) is 0 Å². The molecule has 0 aliphatic carbocycles. The molecular weight excluding hydrogens is 460 g/mol. The first kappa shape index (κ1) is 22.6. The monoisotopic (exact) mass is 484 g/mol. The minimum Gasteiger partial charge on any atom is -0.487 e. The van der Waals surface area contributed by atoms with Gasteiger partial charge in [0.1, 0.15) is 16.7 Å². The molecule has 154 valence electrons. The Labute approximate surface area is 169 Å². The van der Waals surface area contributed by atoms with Crippen molar-refractivity contribution in [3.05, 3.63) is 22.7 Å². The zero-order valence-corrected chi connectivity index (χ0v) is 18.9. The van der Waals surface area contributed by atoms with E-state index < -0.39 is 32.2 Å². The molecule has 11 heteroatoms. The molecule has 0 unspecified atom stereocenters. The quantitative estimate of drug-likeness (QED) is 0.670. The van der Waals surface area contributed by atoms with Gasteiger partial charge in [-0.2, -0.15) is 4.31 Å². The van der Waals surface area contributed by atoms with Crippen molar-refractivity contribution in [2.24, 2.45) is 5.92 Å². The van der Waals surface area contributed by atoms with Gasteiger partial charge in [-0.05, 0) is 25.1 Å². The number of aliphatic hydroxyl groups excluding tert-OH is 1. The Morgan fingerprint density at radius 2 is 2.07 bits per heavy atom. The fraction of sp³-hybridized carbons (Fsp3) is 0.625. The topological polar surface area (TPSA) is 104 Å². The Morgan fingerprint density at radius 3 is 2.63 bits per heavy atom. The normalized spacial score (nSPS) is 24.6. The number of hydrogen-bond acceptors (Lipinski definition) is 6. The predicted molar refractivity (Wildman–Crippen MR) is 106 cm³/mol. The van der Waals surface area contributed by atoms with Crippen LogP contribution in [0.4, 0.5) is 0 Å². The second-order valence-corrected chi connectivity index (χ2v) is 11.7. The fourth-order valence-corrected chi connectivity index (χ4v) is 5.39. The van der Waals surface area contributed by atoms with Crippen molar-refractivity contribution in [1.82, 2.24) is 8.61 Å². The van der Waals surface area contributed by atoms with E-state index in [2.05, 4.69) is 15.9 Å². The second-order valence-electron chi connectivity index (χ2n) is 6.87. The lowest BCUT2D eigenvalue weighted by atomic mass is 10.0. The molecule has 0 radical (unpaired) electrons. The lowest BCUT2D eigenvalue weighted by Gasteiger charge is -2.37. The Hall–Kier alpha value is -0.720. The molecule has 0 saturated heterocycles. The van der Waals surface area contributed by atoms with Crippen LogP contribution < -0.4 is 4.74 Å². The van der Waals surface area contributed by atoms with Gasteiger partial charge >= 0.3 is 0 Å². The summed E-state index contributed by atoms with van der Waals surface area (Å²) >= 11 is 3.31. The van der Waals surface area contributed by atoms with Crippen LogP contribution in [0.3, 0.4) is 0 Å². The lowest BCUT2D eigenvalue weighted by molar-refractivity contribution is 0.0905. The van der Waals surface area contributed by atoms with Crippen LogP contribution in [0.1, 0.15) is 13.8 Å². The van der Waals surface area contributed by atoms with Crippen LogP contribution in [0.5, 0.6) is 5.75 Å². The SMILES string of the molecule is C[C@@H]1CN([C@H](C)CO)S(=O)(=O)c2ccc(Br)cc2O[C@@H]1CN(C)S(C)(=O)=O. The smallest absolute Gasteiger partial charge is 0.247 e. The third-order valence-corrected chi connectivity index (χ3v) is 8.43. The van der Waals surface area contributed by atoms with Gasteiger partial charge in [0, 0.05) is 30.0 Å². The van der Waals surface area contributed by atoms with Gasteiger partial charge < -0.3 is 9.84 Å². The summed E-state index contributed by atoms with van der Waals surface area (Å²) in [7, 11) is -5.85. The average Bonchev–Trinajstić information content (AvgIpc) is 2.56. The highest BCUT2D eigenvalue weighted by atomic mass is 79.9. The Kier molecular flexibility index (Phi) is 6.97.